The first-order valence-electron chi connectivity index (χ1n) is 17.4. The molecule has 8 aliphatic carbocycles. The van der Waals surface area contributed by atoms with Crippen molar-refractivity contribution in [1.82, 2.24) is 9.44 Å². The number of nitrogens with one attached hydrogen (secondary N) is 3. The van der Waals surface area contributed by atoms with E-state index in [1.807, 2.05) is 13.8 Å². The number of hydrogen-bond donors (Lipinski definition) is 3. The molecule has 11 rings (SSSR count). The highest BCUT2D eigenvalue weighted by molar-refractivity contribution is 7.90. The lowest BCUT2D eigenvalue weighted by Gasteiger charge is -2.56. The van der Waals surface area contributed by atoms with Gasteiger partial charge in [0.1, 0.15) is 4.90 Å². The van der Waals surface area contributed by atoms with Gasteiger partial charge in [0, 0.05) is 28.4 Å². The van der Waals surface area contributed by atoms with E-state index in [0.717, 1.165) is 23.7 Å². The van der Waals surface area contributed by atoms with Crippen molar-refractivity contribution in [3.63, 3.8) is 0 Å². The third-order valence-corrected chi connectivity index (χ3v) is 16.8. The zero-order valence-electron chi connectivity index (χ0n) is 26.2. The van der Waals surface area contributed by atoms with E-state index >= 15 is 0 Å². The SMILES string of the molecule is C[C@H](NS(=O)(=O)c1cc(S(=O)(=O)N[C@@H](C)C2C3CC4CC(C3)CC2C4)c2cccc3c2c1NC3=O)C1C2CC3CC(C2)CC1C3. The Morgan fingerprint density at radius 3 is 1.58 bits per heavy atom. The quantitative estimate of drug-likeness (QED) is 0.329. The van der Waals surface area contributed by atoms with Gasteiger partial charge in [-0.25, -0.2) is 26.3 Å². The molecule has 10 heteroatoms. The van der Waals surface area contributed by atoms with Gasteiger partial charge >= 0.3 is 0 Å². The first-order chi connectivity index (χ1) is 21.4. The maximum Gasteiger partial charge on any atom is 0.256 e. The fraction of sp³-hybridized carbons (Fsp3) is 0.686. The van der Waals surface area contributed by atoms with Crippen molar-refractivity contribution in [2.75, 3.05) is 5.32 Å². The van der Waals surface area contributed by atoms with Crippen LogP contribution < -0.4 is 14.8 Å². The second-order valence-electron chi connectivity index (χ2n) is 16.3. The van der Waals surface area contributed by atoms with E-state index in [1.54, 1.807) is 18.2 Å². The highest BCUT2D eigenvalue weighted by Crippen LogP contribution is 2.58. The standard InChI is InChI=1S/C35H45N3O5S2/c1-17(31-23-8-19-6-20(10-23)11-24(31)9-19)37-44(40,41)29-16-30(34-33-27(29)4-3-5-28(33)35(39)36-34)45(42,43)38-18(2)32-25-12-21-7-22(14-25)15-26(32)13-21/h3-5,16-26,31-32,37-38H,6-15H2,1-2H3,(H,36,39)/t17-,18-,19?,20?,21?,22?,23?,24?,25?,26?,31?,32?/m0/s1. The Hall–Kier alpha value is -2.01. The van der Waals surface area contributed by atoms with Gasteiger partial charge in [-0.1, -0.05) is 12.1 Å². The molecule has 0 unspecified atom stereocenters. The average molecular weight is 652 g/mol. The Morgan fingerprint density at radius 1 is 0.667 bits per heavy atom. The van der Waals surface area contributed by atoms with Gasteiger partial charge in [-0.3, -0.25) is 4.79 Å². The van der Waals surface area contributed by atoms with Crippen LogP contribution >= 0.6 is 0 Å². The maximum atomic E-state index is 14.3. The van der Waals surface area contributed by atoms with Crippen molar-refractivity contribution >= 4 is 42.4 Å². The van der Waals surface area contributed by atoms with E-state index in [0.29, 0.717) is 45.9 Å². The van der Waals surface area contributed by atoms with Crippen LogP contribution in [-0.4, -0.2) is 34.8 Å². The van der Waals surface area contributed by atoms with Crippen molar-refractivity contribution in [3.8, 4) is 0 Å². The Labute approximate surface area is 267 Å². The van der Waals surface area contributed by atoms with Crippen molar-refractivity contribution in [2.45, 2.75) is 99.9 Å². The van der Waals surface area contributed by atoms with E-state index in [1.165, 1.54) is 70.3 Å². The molecule has 0 aromatic heterocycles. The molecule has 9 aliphatic rings. The summed E-state index contributed by atoms with van der Waals surface area (Å²) in [6.45, 7) is 3.96. The molecule has 1 aliphatic heterocycles. The lowest BCUT2D eigenvalue weighted by molar-refractivity contribution is -0.0464. The fourth-order valence-corrected chi connectivity index (χ4v) is 15.7. The topological polar surface area (TPSA) is 121 Å². The van der Waals surface area contributed by atoms with Crippen molar-refractivity contribution in [2.24, 2.45) is 59.2 Å². The molecule has 1 heterocycles. The van der Waals surface area contributed by atoms with Gasteiger partial charge in [0.05, 0.1) is 10.6 Å². The van der Waals surface area contributed by atoms with Gasteiger partial charge in [0.25, 0.3) is 5.91 Å². The van der Waals surface area contributed by atoms with Crippen LogP contribution in [0, 0.1) is 59.2 Å². The van der Waals surface area contributed by atoms with Crippen molar-refractivity contribution < 1.29 is 21.6 Å². The third-order valence-electron chi connectivity index (χ3n) is 13.6. The number of carbonyl (C=O) groups excluding carboxylic acids is 1. The van der Waals surface area contributed by atoms with Crippen LogP contribution in [0.15, 0.2) is 34.1 Å². The van der Waals surface area contributed by atoms with E-state index in [9.17, 15) is 21.6 Å². The van der Waals surface area contributed by atoms with Gasteiger partial charge in [0.2, 0.25) is 20.0 Å². The summed E-state index contributed by atoms with van der Waals surface area (Å²) in [6.07, 6.45) is 12.1. The summed E-state index contributed by atoms with van der Waals surface area (Å²) in [5, 5.41) is 3.53. The molecule has 45 heavy (non-hydrogen) atoms. The Bertz CT molecular complexity index is 1770. The molecular formula is C35H45N3O5S2. The lowest BCUT2D eigenvalue weighted by atomic mass is 9.51. The van der Waals surface area contributed by atoms with Crippen LogP contribution in [0.1, 0.15) is 88.4 Å². The summed E-state index contributed by atoms with van der Waals surface area (Å²) in [5.41, 5.74) is 0.489. The number of rotatable bonds is 8. The number of carbonyl (C=O) groups is 1. The van der Waals surface area contributed by atoms with E-state index in [-0.39, 0.29) is 33.5 Å². The smallest absolute Gasteiger partial charge is 0.256 e. The molecule has 2 atom stereocenters. The van der Waals surface area contributed by atoms with Gasteiger partial charge in [-0.2, -0.15) is 0 Å². The van der Waals surface area contributed by atoms with E-state index < -0.39 is 26.0 Å². The lowest BCUT2D eigenvalue weighted by Crippen LogP contribution is -2.53. The normalized spacial score (nSPS) is 39.0. The van der Waals surface area contributed by atoms with E-state index in [2.05, 4.69) is 14.8 Å². The monoisotopic (exact) mass is 651 g/mol. The van der Waals surface area contributed by atoms with Gasteiger partial charge in [-0.15, -0.1) is 0 Å². The molecule has 242 valence electrons. The molecule has 3 N–H and O–H groups in total. The minimum atomic E-state index is -4.17. The van der Waals surface area contributed by atoms with Crippen LogP contribution in [0.25, 0.3) is 10.8 Å². The van der Waals surface area contributed by atoms with Crippen LogP contribution in [0.4, 0.5) is 5.69 Å². The van der Waals surface area contributed by atoms with Crippen LogP contribution in [0.5, 0.6) is 0 Å². The van der Waals surface area contributed by atoms with E-state index in [4.69, 9.17) is 0 Å². The summed E-state index contributed by atoms with van der Waals surface area (Å²) in [7, 11) is -8.29. The molecular weight excluding hydrogens is 607 g/mol. The number of benzene rings is 2. The highest BCUT2D eigenvalue weighted by atomic mass is 32.2. The first kappa shape index (κ1) is 29.2. The number of hydrogen-bond acceptors (Lipinski definition) is 5. The summed E-state index contributed by atoms with van der Waals surface area (Å²) in [4.78, 5) is 12.8. The van der Waals surface area contributed by atoms with Crippen LogP contribution in [0.2, 0.25) is 0 Å². The maximum absolute atomic E-state index is 14.3. The summed E-state index contributed by atoms with van der Waals surface area (Å²) >= 11 is 0. The number of amides is 1. The summed E-state index contributed by atoms with van der Waals surface area (Å²) < 4.78 is 63.2. The average Bonchev–Trinajstić information content (AvgIpc) is 3.28. The highest BCUT2D eigenvalue weighted by Gasteiger charge is 2.52. The molecule has 0 spiro atoms. The second kappa shape index (κ2) is 10.0. The van der Waals surface area contributed by atoms with Gasteiger partial charge in [-0.05, 0) is 149 Å². The zero-order valence-corrected chi connectivity index (χ0v) is 27.8. The number of sulfonamides is 2. The number of anilines is 1. The Balaban J connectivity index is 1.07. The minimum Gasteiger partial charge on any atom is -0.320 e. The largest absolute Gasteiger partial charge is 0.320 e. The molecule has 8 nitrogen and oxygen atoms in total. The molecule has 2 aromatic rings. The molecule has 0 radical (unpaired) electrons. The predicted molar refractivity (Wildman–Crippen MR) is 173 cm³/mol. The summed E-state index contributed by atoms with van der Waals surface area (Å²) in [6, 6.07) is 5.75. The molecule has 8 saturated carbocycles. The van der Waals surface area contributed by atoms with Crippen LogP contribution in [-0.2, 0) is 20.0 Å². The molecule has 2 aromatic carbocycles. The predicted octanol–water partition coefficient (Wildman–Crippen LogP) is 5.88. The van der Waals surface area contributed by atoms with Crippen molar-refractivity contribution in [1.29, 1.82) is 0 Å². The Kier molecular flexibility index (Phi) is 6.48. The minimum absolute atomic E-state index is 0.0714. The van der Waals surface area contributed by atoms with Crippen LogP contribution in [0.3, 0.4) is 0 Å². The molecule has 8 fully saturated rings. The molecule has 0 saturated heterocycles. The molecule has 8 bridgehead atoms. The summed E-state index contributed by atoms with van der Waals surface area (Å²) in [5.74, 6) is 5.44. The first-order valence-corrected chi connectivity index (χ1v) is 20.4. The molecule has 1 amide bonds. The van der Waals surface area contributed by atoms with Gasteiger partial charge < -0.3 is 5.32 Å². The van der Waals surface area contributed by atoms with Crippen molar-refractivity contribution in [3.05, 3.63) is 29.8 Å². The van der Waals surface area contributed by atoms with Gasteiger partial charge in [0.15, 0.2) is 0 Å². The fourth-order valence-electron chi connectivity index (χ4n) is 12.7. The second-order valence-corrected chi connectivity index (χ2v) is 19.6. The third kappa shape index (κ3) is 4.51. The zero-order chi connectivity index (χ0) is 31.0. The Morgan fingerprint density at radius 2 is 1.11 bits per heavy atom.